The molecule has 0 saturated carbocycles. The number of urea groups is 1. The zero-order valence-electron chi connectivity index (χ0n) is 15.5. The van der Waals surface area contributed by atoms with Gasteiger partial charge in [0.05, 0.1) is 6.54 Å². The predicted octanol–water partition coefficient (Wildman–Crippen LogP) is 3.72. The first-order valence-electron chi connectivity index (χ1n) is 9.27. The number of hydrogen-bond acceptors (Lipinski definition) is 3. The molecule has 0 unspecified atom stereocenters. The van der Waals surface area contributed by atoms with Crippen molar-refractivity contribution in [3.8, 4) is 5.75 Å². The summed E-state index contributed by atoms with van der Waals surface area (Å²) in [4.78, 5) is 22.9. The molecule has 0 aromatic heterocycles. The number of fused-ring (bicyclic) bond motifs is 1. The Labute approximate surface area is 159 Å². The van der Waals surface area contributed by atoms with E-state index in [-0.39, 0.29) is 11.9 Å². The van der Waals surface area contributed by atoms with Crippen molar-refractivity contribution < 1.29 is 14.3 Å². The van der Waals surface area contributed by atoms with Crippen LogP contribution >= 0.6 is 0 Å². The van der Waals surface area contributed by atoms with Crippen LogP contribution in [0.1, 0.15) is 30.9 Å². The van der Waals surface area contributed by atoms with Gasteiger partial charge < -0.3 is 20.7 Å². The third kappa shape index (κ3) is 5.74. The lowest BCUT2D eigenvalue weighted by atomic mass is 9.92. The monoisotopic (exact) mass is 367 g/mol. The van der Waals surface area contributed by atoms with E-state index in [1.807, 2.05) is 6.07 Å². The van der Waals surface area contributed by atoms with E-state index in [1.54, 1.807) is 24.3 Å². The number of aryl methyl sites for hydroxylation is 2. The summed E-state index contributed by atoms with van der Waals surface area (Å²) in [5.41, 5.74) is 4.15. The largest absolute Gasteiger partial charge is 0.492 e. The van der Waals surface area contributed by atoms with Crippen LogP contribution in [0.4, 0.5) is 16.2 Å². The number of rotatable bonds is 6. The molecular weight excluding hydrogens is 342 g/mol. The highest BCUT2D eigenvalue weighted by Crippen LogP contribution is 2.25. The molecule has 0 spiro atoms. The highest BCUT2D eigenvalue weighted by atomic mass is 16.5. The van der Waals surface area contributed by atoms with Crippen LogP contribution in [-0.4, -0.2) is 25.1 Å². The van der Waals surface area contributed by atoms with Crippen molar-refractivity contribution in [2.24, 2.45) is 0 Å². The smallest absolute Gasteiger partial charge is 0.319 e. The van der Waals surface area contributed by atoms with Gasteiger partial charge in [-0.25, -0.2) is 4.79 Å². The first-order valence-corrected chi connectivity index (χ1v) is 9.27. The molecule has 1 aliphatic carbocycles. The molecule has 2 aromatic rings. The standard InChI is InChI=1S/C21H25N3O3/c1-15(25)23-18-7-9-19(10-8-18)24-21(26)22-12-13-27-20-11-6-16-4-2-3-5-17(16)14-20/h6-11,14H,2-5,12-13H2,1H3,(H,23,25)(H2,22,24,26). The summed E-state index contributed by atoms with van der Waals surface area (Å²) in [6, 6.07) is 12.9. The Morgan fingerprint density at radius 3 is 2.30 bits per heavy atom. The summed E-state index contributed by atoms with van der Waals surface area (Å²) in [7, 11) is 0. The van der Waals surface area contributed by atoms with Crippen LogP contribution in [0.2, 0.25) is 0 Å². The van der Waals surface area contributed by atoms with E-state index in [0.29, 0.717) is 24.5 Å². The summed E-state index contributed by atoms with van der Waals surface area (Å²) in [6.07, 6.45) is 4.78. The summed E-state index contributed by atoms with van der Waals surface area (Å²) in [5, 5.41) is 8.19. The maximum Gasteiger partial charge on any atom is 0.319 e. The SMILES string of the molecule is CC(=O)Nc1ccc(NC(=O)NCCOc2ccc3c(c2)CCCC3)cc1. The Hall–Kier alpha value is -3.02. The summed E-state index contributed by atoms with van der Waals surface area (Å²) in [5.74, 6) is 0.721. The van der Waals surface area contributed by atoms with Gasteiger partial charge in [-0.1, -0.05) is 6.07 Å². The molecule has 6 heteroatoms. The lowest BCUT2D eigenvalue weighted by Gasteiger charge is -2.17. The van der Waals surface area contributed by atoms with Crippen LogP contribution in [0, 0.1) is 0 Å². The molecule has 0 heterocycles. The van der Waals surface area contributed by atoms with Crippen molar-refractivity contribution in [1.82, 2.24) is 5.32 Å². The van der Waals surface area contributed by atoms with E-state index >= 15 is 0 Å². The van der Waals surface area contributed by atoms with E-state index in [4.69, 9.17) is 4.74 Å². The normalized spacial score (nSPS) is 12.6. The third-order valence-electron chi connectivity index (χ3n) is 4.44. The molecule has 0 saturated heterocycles. The number of carbonyl (C=O) groups is 2. The van der Waals surface area contributed by atoms with Gasteiger partial charge >= 0.3 is 6.03 Å². The molecule has 0 atom stereocenters. The molecule has 27 heavy (non-hydrogen) atoms. The van der Waals surface area contributed by atoms with Gasteiger partial charge in [0.25, 0.3) is 0 Å². The van der Waals surface area contributed by atoms with Crippen LogP contribution in [0.3, 0.4) is 0 Å². The highest BCUT2D eigenvalue weighted by molar-refractivity contribution is 5.91. The van der Waals surface area contributed by atoms with Gasteiger partial charge in [-0.2, -0.15) is 0 Å². The molecule has 142 valence electrons. The van der Waals surface area contributed by atoms with Crippen LogP contribution in [0.25, 0.3) is 0 Å². The zero-order valence-corrected chi connectivity index (χ0v) is 15.5. The lowest BCUT2D eigenvalue weighted by molar-refractivity contribution is -0.114. The molecule has 3 rings (SSSR count). The fourth-order valence-electron chi connectivity index (χ4n) is 3.15. The Balaban J connectivity index is 1.39. The topological polar surface area (TPSA) is 79.5 Å². The molecule has 0 aliphatic heterocycles. The van der Waals surface area contributed by atoms with E-state index < -0.39 is 0 Å². The number of carbonyl (C=O) groups excluding carboxylic acids is 2. The Morgan fingerprint density at radius 1 is 0.926 bits per heavy atom. The average Bonchev–Trinajstić information content (AvgIpc) is 2.66. The third-order valence-corrected chi connectivity index (χ3v) is 4.44. The second-order valence-corrected chi connectivity index (χ2v) is 6.63. The summed E-state index contributed by atoms with van der Waals surface area (Å²) >= 11 is 0. The maximum atomic E-state index is 11.9. The minimum Gasteiger partial charge on any atom is -0.492 e. The van der Waals surface area contributed by atoms with Gasteiger partial charge in [0.1, 0.15) is 12.4 Å². The molecule has 6 nitrogen and oxygen atoms in total. The molecule has 0 radical (unpaired) electrons. The number of ether oxygens (including phenoxy) is 1. The number of amides is 3. The Bertz CT molecular complexity index is 803. The van der Waals surface area contributed by atoms with Crippen molar-refractivity contribution in [1.29, 1.82) is 0 Å². The highest BCUT2D eigenvalue weighted by Gasteiger charge is 2.10. The van der Waals surface area contributed by atoms with Crippen molar-refractivity contribution in [2.45, 2.75) is 32.6 Å². The summed E-state index contributed by atoms with van der Waals surface area (Å²) in [6.45, 7) is 2.27. The molecule has 0 fully saturated rings. The second-order valence-electron chi connectivity index (χ2n) is 6.63. The fourth-order valence-corrected chi connectivity index (χ4v) is 3.15. The lowest BCUT2D eigenvalue weighted by Crippen LogP contribution is -2.32. The van der Waals surface area contributed by atoms with Crippen molar-refractivity contribution in [3.05, 3.63) is 53.6 Å². The van der Waals surface area contributed by atoms with E-state index in [0.717, 1.165) is 18.6 Å². The van der Waals surface area contributed by atoms with Crippen LogP contribution in [-0.2, 0) is 17.6 Å². The molecule has 0 bridgehead atoms. The van der Waals surface area contributed by atoms with E-state index in [9.17, 15) is 9.59 Å². The fraction of sp³-hybridized carbons (Fsp3) is 0.333. The molecule has 3 N–H and O–H groups in total. The number of nitrogens with one attached hydrogen (secondary N) is 3. The predicted molar refractivity (Wildman–Crippen MR) is 106 cm³/mol. The quantitative estimate of drug-likeness (QED) is 0.681. The van der Waals surface area contributed by atoms with Gasteiger partial charge in [-0.15, -0.1) is 0 Å². The number of hydrogen-bond donors (Lipinski definition) is 3. The number of anilines is 2. The molecular formula is C21H25N3O3. The van der Waals surface area contributed by atoms with Crippen LogP contribution in [0.15, 0.2) is 42.5 Å². The van der Waals surface area contributed by atoms with E-state index in [1.165, 1.54) is 30.9 Å². The second kappa shape index (κ2) is 9.07. The molecule has 2 aromatic carbocycles. The van der Waals surface area contributed by atoms with Crippen LogP contribution < -0.4 is 20.7 Å². The summed E-state index contributed by atoms with van der Waals surface area (Å²) < 4.78 is 5.74. The molecule has 1 aliphatic rings. The molecule has 3 amide bonds. The van der Waals surface area contributed by atoms with Gasteiger partial charge in [-0.3, -0.25) is 4.79 Å². The van der Waals surface area contributed by atoms with Crippen molar-refractivity contribution in [3.63, 3.8) is 0 Å². The van der Waals surface area contributed by atoms with Gasteiger partial charge in [0.2, 0.25) is 5.91 Å². The van der Waals surface area contributed by atoms with Crippen molar-refractivity contribution in [2.75, 3.05) is 23.8 Å². The van der Waals surface area contributed by atoms with Crippen molar-refractivity contribution >= 4 is 23.3 Å². The van der Waals surface area contributed by atoms with Gasteiger partial charge in [0, 0.05) is 18.3 Å². The zero-order chi connectivity index (χ0) is 19.1. The minimum absolute atomic E-state index is 0.132. The van der Waals surface area contributed by atoms with Gasteiger partial charge in [0.15, 0.2) is 0 Å². The van der Waals surface area contributed by atoms with Gasteiger partial charge in [-0.05, 0) is 73.2 Å². The average molecular weight is 367 g/mol. The minimum atomic E-state index is -0.295. The van der Waals surface area contributed by atoms with Crippen LogP contribution in [0.5, 0.6) is 5.75 Å². The Kier molecular flexibility index (Phi) is 6.30. The maximum absolute atomic E-state index is 11.9. The van der Waals surface area contributed by atoms with E-state index in [2.05, 4.69) is 28.1 Å². The Morgan fingerprint density at radius 2 is 1.59 bits per heavy atom. The first-order chi connectivity index (χ1) is 13.1. The number of benzene rings is 2. The first kappa shape index (κ1) is 18.8.